The number of carbonyl (C=O) groups excluding carboxylic acids is 1. The minimum atomic E-state index is -0.422. The maximum Gasteiger partial charge on any atom is 0.325 e. The van der Waals surface area contributed by atoms with Gasteiger partial charge in [-0.15, -0.1) is 0 Å². The highest BCUT2D eigenvalue weighted by Crippen LogP contribution is 2.10. The van der Waals surface area contributed by atoms with E-state index in [1.165, 1.54) is 11.7 Å². The number of aromatic nitrogens is 1. The molecule has 1 aromatic rings. The molecule has 1 heterocycles. The maximum absolute atomic E-state index is 11.6. The first kappa shape index (κ1) is 11.5. The number of esters is 1. The van der Waals surface area contributed by atoms with Crippen molar-refractivity contribution >= 4 is 5.97 Å². The van der Waals surface area contributed by atoms with Gasteiger partial charge in [0.05, 0.1) is 7.11 Å². The molecule has 0 bridgehead atoms. The van der Waals surface area contributed by atoms with Crippen LogP contribution in [0.15, 0.2) is 23.1 Å². The van der Waals surface area contributed by atoms with Crippen LogP contribution in [-0.4, -0.2) is 17.6 Å². The van der Waals surface area contributed by atoms with Crippen molar-refractivity contribution in [1.29, 1.82) is 0 Å². The lowest BCUT2D eigenvalue weighted by molar-refractivity contribution is -0.141. The predicted octanol–water partition coefficient (Wildman–Crippen LogP) is 1.14. The highest BCUT2D eigenvalue weighted by molar-refractivity contribution is 5.68. The van der Waals surface area contributed by atoms with Gasteiger partial charge in [0.25, 0.3) is 5.56 Å². The quantitative estimate of drug-likeness (QED) is 0.701. The van der Waals surface area contributed by atoms with Gasteiger partial charge in [0.2, 0.25) is 0 Å². The van der Waals surface area contributed by atoms with Gasteiger partial charge in [-0.1, -0.05) is 13.8 Å². The third-order valence-electron chi connectivity index (χ3n) is 2.21. The van der Waals surface area contributed by atoms with E-state index < -0.39 is 5.97 Å². The van der Waals surface area contributed by atoms with E-state index in [9.17, 15) is 9.59 Å². The van der Waals surface area contributed by atoms with Gasteiger partial charge < -0.3 is 9.30 Å². The third-order valence-corrected chi connectivity index (χ3v) is 2.21. The number of ether oxygens (including phenoxy) is 1. The normalized spacial score (nSPS) is 10.4. The van der Waals surface area contributed by atoms with Crippen LogP contribution in [-0.2, 0) is 16.1 Å². The van der Waals surface area contributed by atoms with Gasteiger partial charge in [0, 0.05) is 12.3 Å². The van der Waals surface area contributed by atoms with Crippen molar-refractivity contribution in [2.75, 3.05) is 7.11 Å². The lowest BCUT2D eigenvalue weighted by Gasteiger charge is -2.07. The van der Waals surface area contributed by atoms with Crippen molar-refractivity contribution in [1.82, 2.24) is 4.57 Å². The van der Waals surface area contributed by atoms with Gasteiger partial charge >= 0.3 is 5.97 Å². The number of carbonyl (C=O) groups is 1. The van der Waals surface area contributed by atoms with Crippen molar-refractivity contribution in [2.45, 2.75) is 26.3 Å². The fraction of sp³-hybridized carbons (Fsp3) is 0.455. The first-order chi connectivity index (χ1) is 7.04. The Morgan fingerprint density at radius 1 is 1.53 bits per heavy atom. The lowest BCUT2D eigenvalue weighted by atomic mass is 10.1. The molecular weight excluding hydrogens is 194 g/mol. The van der Waals surface area contributed by atoms with Gasteiger partial charge in [-0.05, 0) is 17.5 Å². The van der Waals surface area contributed by atoms with Crippen molar-refractivity contribution in [3.8, 4) is 0 Å². The van der Waals surface area contributed by atoms with E-state index in [2.05, 4.69) is 4.74 Å². The Balaban J connectivity index is 2.94. The van der Waals surface area contributed by atoms with Crippen LogP contribution in [0.4, 0.5) is 0 Å². The van der Waals surface area contributed by atoms with Crippen molar-refractivity contribution in [3.63, 3.8) is 0 Å². The smallest absolute Gasteiger partial charge is 0.325 e. The molecule has 0 spiro atoms. The van der Waals surface area contributed by atoms with Crippen LogP contribution in [0.2, 0.25) is 0 Å². The van der Waals surface area contributed by atoms with Crippen LogP contribution in [0.3, 0.4) is 0 Å². The largest absolute Gasteiger partial charge is 0.468 e. The fourth-order valence-corrected chi connectivity index (χ4v) is 1.22. The average molecular weight is 209 g/mol. The third kappa shape index (κ3) is 2.94. The summed E-state index contributed by atoms with van der Waals surface area (Å²) >= 11 is 0. The molecule has 4 heteroatoms. The molecule has 1 aromatic heterocycles. The standard InChI is InChI=1S/C11H15NO3/c1-8(2)9-4-5-12(10(13)6-9)7-11(14)15-3/h4-6,8H,7H2,1-3H3. The molecule has 0 saturated heterocycles. The van der Waals surface area contributed by atoms with E-state index in [-0.39, 0.29) is 12.1 Å². The molecular formula is C11H15NO3. The van der Waals surface area contributed by atoms with Gasteiger partial charge in [-0.25, -0.2) is 0 Å². The SMILES string of the molecule is COC(=O)Cn1ccc(C(C)C)cc1=O. The predicted molar refractivity (Wildman–Crippen MR) is 56.8 cm³/mol. The van der Waals surface area contributed by atoms with E-state index in [1.807, 2.05) is 19.9 Å². The number of pyridine rings is 1. The van der Waals surface area contributed by atoms with Gasteiger partial charge in [-0.3, -0.25) is 9.59 Å². The molecule has 0 aliphatic rings. The second-order valence-corrected chi connectivity index (χ2v) is 3.66. The number of rotatable bonds is 3. The van der Waals surface area contributed by atoms with Crippen molar-refractivity contribution in [3.05, 3.63) is 34.2 Å². The number of hydrogen-bond acceptors (Lipinski definition) is 3. The molecule has 0 N–H and O–H groups in total. The van der Waals surface area contributed by atoms with Crippen molar-refractivity contribution in [2.24, 2.45) is 0 Å². The molecule has 4 nitrogen and oxygen atoms in total. The van der Waals surface area contributed by atoms with Crippen LogP contribution in [0.25, 0.3) is 0 Å². The Morgan fingerprint density at radius 3 is 2.67 bits per heavy atom. The van der Waals surface area contributed by atoms with Gasteiger partial charge in [0.1, 0.15) is 6.54 Å². The van der Waals surface area contributed by atoms with Crippen LogP contribution in [0.5, 0.6) is 0 Å². The molecule has 0 aliphatic carbocycles. The second kappa shape index (κ2) is 4.77. The topological polar surface area (TPSA) is 48.3 Å². The zero-order valence-electron chi connectivity index (χ0n) is 9.19. The van der Waals surface area contributed by atoms with Crippen LogP contribution in [0.1, 0.15) is 25.3 Å². The van der Waals surface area contributed by atoms with E-state index in [1.54, 1.807) is 12.3 Å². The Kier molecular flexibility index (Phi) is 3.66. The molecule has 15 heavy (non-hydrogen) atoms. The second-order valence-electron chi connectivity index (χ2n) is 3.66. The monoisotopic (exact) mass is 209 g/mol. The van der Waals surface area contributed by atoms with Crippen LogP contribution < -0.4 is 5.56 Å². The fourth-order valence-electron chi connectivity index (χ4n) is 1.22. The summed E-state index contributed by atoms with van der Waals surface area (Å²) < 4.78 is 5.82. The zero-order chi connectivity index (χ0) is 11.4. The van der Waals surface area contributed by atoms with Crippen molar-refractivity contribution < 1.29 is 9.53 Å². The summed E-state index contributed by atoms with van der Waals surface area (Å²) in [6, 6.07) is 3.39. The highest BCUT2D eigenvalue weighted by atomic mass is 16.5. The average Bonchev–Trinajstić information content (AvgIpc) is 2.20. The number of nitrogens with zero attached hydrogens (tertiary/aromatic N) is 1. The van der Waals surface area contributed by atoms with E-state index >= 15 is 0 Å². The van der Waals surface area contributed by atoms with Crippen LogP contribution in [0, 0.1) is 0 Å². The summed E-state index contributed by atoms with van der Waals surface area (Å²) in [5, 5.41) is 0. The minimum absolute atomic E-state index is 0.0340. The molecule has 82 valence electrons. The summed E-state index contributed by atoms with van der Waals surface area (Å²) in [6.07, 6.45) is 1.62. The highest BCUT2D eigenvalue weighted by Gasteiger charge is 2.05. The Bertz CT molecular complexity index is 407. The van der Waals surface area contributed by atoms with E-state index in [0.717, 1.165) is 5.56 Å². The summed E-state index contributed by atoms with van der Waals surface area (Å²) in [5.41, 5.74) is 0.799. The van der Waals surface area contributed by atoms with E-state index in [4.69, 9.17) is 0 Å². The summed E-state index contributed by atoms with van der Waals surface area (Å²) in [7, 11) is 1.30. The lowest BCUT2D eigenvalue weighted by Crippen LogP contribution is -2.24. The molecule has 0 fully saturated rings. The molecule has 0 radical (unpaired) electrons. The first-order valence-electron chi connectivity index (χ1n) is 4.81. The molecule has 0 amide bonds. The summed E-state index contributed by atoms with van der Waals surface area (Å²) in [4.78, 5) is 22.5. The molecule has 1 rings (SSSR count). The zero-order valence-corrected chi connectivity index (χ0v) is 9.19. The Hall–Kier alpha value is -1.58. The number of hydrogen-bond donors (Lipinski definition) is 0. The maximum atomic E-state index is 11.6. The van der Waals surface area contributed by atoms with Gasteiger partial charge in [0.15, 0.2) is 0 Å². The van der Waals surface area contributed by atoms with Gasteiger partial charge in [-0.2, -0.15) is 0 Å². The first-order valence-corrected chi connectivity index (χ1v) is 4.81. The Labute approximate surface area is 88.5 Å². The molecule has 0 saturated carbocycles. The molecule has 0 unspecified atom stereocenters. The molecule has 0 aliphatic heterocycles. The molecule has 0 atom stereocenters. The minimum Gasteiger partial charge on any atom is -0.468 e. The summed E-state index contributed by atoms with van der Waals surface area (Å²) in [6.45, 7) is 3.99. The van der Waals surface area contributed by atoms with Crippen LogP contribution >= 0.6 is 0 Å². The van der Waals surface area contributed by atoms with E-state index in [0.29, 0.717) is 5.92 Å². The number of methoxy groups -OCH3 is 1. The molecule has 0 aromatic carbocycles. The summed E-state index contributed by atoms with van der Waals surface area (Å²) in [5.74, 6) is -0.111. The Morgan fingerprint density at radius 2 is 2.20 bits per heavy atom.